The first-order valence-corrected chi connectivity index (χ1v) is 6.31. The van der Waals surface area contributed by atoms with Crippen LogP contribution in [0.5, 0.6) is 5.75 Å². The molecule has 2 aromatic heterocycles. The molecule has 5 nitrogen and oxygen atoms in total. The van der Waals surface area contributed by atoms with Crippen LogP contribution in [0, 0.1) is 0 Å². The number of hydrogen-bond acceptors (Lipinski definition) is 5. The quantitative estimate of drug-likeness (QED) is 0.781. The predicted octanol–water partition coefficient (Wildman–Crippen LogP) is 1.93. The first-order chi connectivity index (χ1) is 8.80. The molecule has 2 N–H and O–H groups in total. The zero-order valence-corrected chi connectivity index (χ0v) is 10.6. The number of rotatable bonds is 3. The third-order valence-corrected chi connectivity index (χ3v) is 3.61. The van der Waals surface area contributed by atoms with Crippen LogP contribution >= 0.6 is 11.3 Å². The van der Waals surface area contributed by atoms with Crippen LogP contribution in [0.25, 0.3) is 15.5 Å². The Morgan fingerprint density at radius 3 is 2.72 bits per heavy atom. The molecule has 0 aliphatic rings. The molecule has 0 radical (unpaired) electrons. The van der Waals surface area contributed by atoms with Crippen molar-refractivity contribution in [2.75, 3.05) is 7.11 Å². The van der Waals surface area contributed by atoms with Gasteiger partial charge in [-0.2, -0.15) is 5.10 Å². The van der Waals surface area contributed by atoms with Gasteiger partial charge in [0.1, 0.15) is 10.8 Å². The Bertz CT molecular complexity index is 640. The number of hydrogen-bond donors (Lipinski definition) is 1. The summed E-state index contributed by atoms with van der Waals surface area (Å²) in [4.78, 5) is 5.24. The second kappa shape index (κ2) is 4.40. The Morgan fingerprint density at radius 1 is 1.33 bits per heavy atom. The van der Waals surface area contributed by atoms with Crippen molar-refractivity contribution < 1.29 is 4.74 Å². The maximum atomic E-state index is 5.54. The molecule has 3 aromatic rings. The Labute approximate surface area is 108 Å². The summed E-state index contributed by atoms with van der Waals surface area (Å²) < 4.78 is 6.90. The number of ether oxygens (including phenoxy) is 1. The molecule has 0 aliphatic carbocycles. The molecule has 0 saturated carbocycles. The normalized spacial score (nSPS) is 11.0. The van der Waals surface area contributed by atoms with Crippen molar-refractivity contribution in [3.05, 3.63) is 36.2 Å². The van der Waals surface area contributed by atoms with Gasteiger partial charge in [0.05, 0.1) is 19.0 Å². The first kappa shape index (κ1) is 11.2. The van der Waals surface area contributed by atoms with Gasteiger partial charge in [0, 0.05) is 12.1 Å². The van der Waals surface area contributed by atoms with Crippen LogP contribution in [0.15, 0.2) is 30.5 Å². The van der Waals surface area contributed by atoms with Crippen LogP contribution in [0.2, 0.25) is 0 Å². The summed E-state index contributed by atoms with van der Waals surface area (Å²) in [6.07, 6.45) is 1.86. The molecule has 0 aliphatic heterocycles. The van der Waals surface area contributed by atoms with Gasteiger partial charge < -0.3 is 10.5 Å². The predicted molar refractivity (Wildman–Crippen MR) is 70.7 cm³/mol. The van der Waals surface area contributed by atoms with Crippen LogP contribution in [0.3, 0.4) is 0 Å². The van der Waals surface area contributed by atoms with Gasteiger partial charge in [-0.15, -0.1) is 0 Å². The first-order valence-electron chi connectivity index (χ1n) is 5.50. The molecule has 0 spiro atoms. The van der Waals surface area contributed by atoms with E-state index in [4.69, 9.17) is 10.5 Å². The molecule has 0 fully saturated rings. The van der Waals surface area contributed by atoms with E-state index in [9.17, 15) is 0 Å². The zero-order chi connectivity index (χ0) is 12.5. The molecule has 3 rings (SSSR count). The molecule has 0 unspecified atom stereocenters. The van der Waals surface area contributed by atoms with Crippen molar-refractivity contribution in [1.29, 1.82) is 0 Å². The molecule has 18 heavy (non-hydrogen) atoms. The maximum absolute atomic E-state index is 5.54. The van der Waals surface area contributed by atoms with Crippen LogP contribution in [-0.4, -0.2) is 21.7 Å². The van der Waals surface area contributed by atoms with E-state index in [-0.39, 0.29) is 0 Å². The highest BCUT2D eigenvalue weighted by atomic mass is 32.1. The molecule has 2 heterocycles. The molecule has 92 valence electrons. The highest BCUT2D eigenvalue weighted by Gasteiger charge is 2.09. The van der Waals surface area contributed by atoms with Crippen molar-refractivity contribution in [2.45, 2.75) is 6.54 Å². The lowest BCUT2D eigenvalue weighted by Gasteiger charge is -1.99. The zero-order valence-electron chi connectivity index (χ0n) is 9.83. The minimum absolute atomic E-state index is 0.438. The summed E-state index contributed by atoms with van der Waals surface area (Å²) in [6.45, 7) is 0.438. The molecule has 1 aromatic carbocycles. The van der Waals surface area contributed by atoms with Gasteiger partial charge in [-0.25, -0.2) is 9.50 Å². The fraction of sp³-hybridized carbons (Fsp3) is 0.167. The largest absolute Gasteiger partial charge is 0.497 e. The lowest BCUT2D eigenvalue weighted by atomic mass is 10.2. The second-order valence-corrected chi connectivity index (χ2v) is 4.76. The van der Waals surface area contributed by atoms with E-state index in [1.165, 1.54) is 0 Å². The standard InChI is InChI=1S/C12H12N4OS/c1-17-10-4-2-8(3-5-10)11-15-16-7-9(6-13)14-12(16)18-11/h2-5,7H,6,13H2,1H3. The smallest absolute Gasteiger partial charge is 0.212 e. The van der Waals surface area contributed by atoms with E-state index < -0.39 is 0 Å². The van der Waals surface area contributed by atoms with Gasteiger partial charge in [0.15, 0.2) is 0 Å². The van der Waals surface area contributed by atoms with Crippen LogP contribution in [-0.2, 0) is 6.54 Å². The number of nitrogens with zero attached hydrogens (tertiary/aromatic N) is 3. The number of imidazole rings is 1. The Morgan fingerprint density at radius 2 is 2.11 bits per heavy atom. The summed E-state index contributed by atoms with van der Waals surface area (Å²) in [5, 5.41) is 5.42. The Kier molecular flexibility index (Phi) is 2.73. The Balaban J connectivity index is 1.99. The number of nitrogens with two attached hydrogens (primary N) is 1. The molecular formula is C12H12N4OS. The fourth-order valence-corrected chi connectivity index (χ4v) is 2.60. The third-order valence-electron chi connectivity index (χ3n) is 2.64. The average molecular weight is 260 g/mol. The van der Waals surface area contributed by atoms with Crippen molar-refractivity contribution in [3.8, 4) is 16.3 Å². The molecular weight excluding hydrogens is 248 g/mol. The van der Waals surface area contributed by atoms with Gasteiger partial charge >= 0.3 is 0 Å². The van der Waals surface area contributed by atoms with Crippen LogP contribution in [0.1, 0.15) is 5.69 Å². The van der Waals surface area contributed by atoms with Gasteiger partial charge in [-0.1, -0.05) is 11.3 Å². The topological polar surface area (TPSA) is 65.4 Å². The highest BCUT2D eigenvalue weighted by molar-refractivity contribution is 7.19. The van der Waals surface area contributed by atoms with Crippen molar-refractivity contribution in [2.24, 2.45) is 5.73 Å². The number of fused-ring (bicyclic) bond motifs is 1. The Hall–Kier alpha value is -1.92. The second-order valence-electron chi connectivity index (χ2n) is 3.80. The molecule has 0 bridgehead atoms. The van der Waals surface area contributed by atoms with E-state index in [2.05, 4.69) is 10.1 Å². The van der Waals surface area contributed by atoms with Crippen molar-refractivity contribution >= 4 is 16.3 Å². The summed E-state index contributed by atoms with van der Waals surface area (Å²) in [5.74, 6) is 0.838. The van der Waals surface area contributed by atoms with Crippen LogP contribution < -0.4 is 10.5 Å². The van der Waals surface area contributed by atoms with Gasteiger partial charge in [-0.3, -0.25) is 0 Å². The van der Waals surface area contributed by atoms with Gasteiger partial charge in [0.2, 0.25) is 4.96 Å². The summed E-state index contributed by atoms with van der Waals surface area (Å²) >= 11 is 1.54. The molecule has 6 heteroatoms. The average Bonchev–Trinajstić information content (AvgIpc) is 2.96. The SMILES string of the molecule is COc1ccc(-c2nn3cc(CN)nc3s2)cc1. The van der Waals surface area contributed by atoms with E-state index in [1.54, 1.807) is 23.0 Å². The van der Waals surface area contributed by atoms with Gasteiger partial charge in [-0.05, 0) is 24.3 Å². The minimum atomic E-state index is 0.438. The number of benzene rings is 1. The van der Waals surface area contributed by atoms with E-state index in [0.29, 0.717) is 6.54 Å². The van der Waals surface area contributed by atoms with Crippen molar-refractivity contribution in [1.82, 2.24) is 14.6 Å². The van der Waals surface area contributed by atoms with E-state index in [0.717, 1.165) is 27.0 Å². The fourth-order valence-electron chi connectivity index (χ4n) is 1.69. The lowest BCUT2D eigenvalue weighted by Crippen LogP contribution is -1.95. The molecule has 0 atom stereocenters. The molecule has 0 saturated heterocycles. The van der Waals surface area contributed by atoms with E-state index >= 15 is 0 Å². The van der Waals surface area contributed by atoms with Gasteiger partial charge in [0.25, 0.3) is 0 Å². The highest BCUT2D eigenvalue weighted by Crippen LogP contribution is 2.27. The summed E-state index contributed by atoms with van der Waals surface area (Å²) in [5.41, 5.74) is 7.45. The third kappa shape index (κ3) is 1.85. The van der Waals surface area contributed by atoms with Crippen LogP contribution in [0.4, 0.5) is 0 Å². The molecule has 0 amide bonds. The van der Waals surface area contributed by atoms with Crippen molar-refractivity contribution in [3.63, 3.8) is 0 Å². The lowest BCUT2D eigenvalue weighted by molar-refractivity contribution is 0.415. The van der Waals surface area contributed by atoms with E-state index in [1.807, 2.05) is 30.5 Å². The maximum Gasteiger partial charge on any atom is 0.212 e. The summed E-state index contributed by atoms with van der Waals surface area (Å²) in [7, 11) is 1.65. The number of aromatic nitrogens is 3. The summed E-state index contributed by atoms with van der Waals surface area (Å²) in [6, 6.07) is 7.82. The number of methoxy groups -OCH3 is 1. The minimum Gasteiger partial charge on any atom is -0.497 e. The monoisotopic (exact) mass is 260 g/mol.